The van der Waals surface area contributed by atoms with E-state index in [0.29, 0.717) is 4.90 Å². The quantitative estimate of drug-likeness (QED) is 0.899. The van der Waals surface area contributed by atoms with E-state index < -0.39 is 9.84 Å². The summed E-state index contributed by atoms with van der Waals surface area (Å²) in [5.74, 6) is 0. The van der Waals surface area contributed by atoms with Crippen LogP contribution in [0.25, 0.3) is 0 Å². The van der Waals surface area contributed by atoms with Gasteiger partial charge in [-0.1, -0.05) is 6.42 Å². The van der Waals surface area contributed by atoms with Gasteiger partial charge in [-0.3, -0.25) is 14.7 Å². The van der Waals surface area contributed by atoms with Crippen molar-refractivity contribution >= 4 is 9.84 Å². The molecule has 1 unspecified atom stereocenters. The molecule has 1 aliphatic heterocycles. The maximum Gasteiger partial charge on any atom is 0.178 e. The van der Waals surface area contributed by atoms with Gasteiger partial charge in [0.05, 0.1) is 24.1 Å². The Labute approximate surface area is 136 Å². The van der Waals surface area contributed by atoms with E-state index in [2.05, 4.69) is 33.3 Å². The van der Waals surface area contributed by atoms with E-state index in [0.717, 1.165) is 50.2 Å². The Kier molecular flexibility index (Phi) is 4.54. The lowest BCUT2D eigenvalue weighted by atomic mass is 9.99. The third-order valence-corrected chi connectivity index (χ3v) is 5.50. The molecule has 126 valence electrons. The zero-order chi connectivity index (χ0) is 16.4. The molecule has 3 rings (SSSR count). The highest BCUT2D eigenvalue weighted by Crippen LogP contribution is 2.34. The van der Waals surface area contributed by atoms with Crippen LogP contribution in [0.2, 0.25) is 0 Å². The van der Waals surface area contributed by atoms with Crippen molar-refractivity contribution in [1.29, 1.82) is 0 Å². The Hall–Kier alpha value is -1.67. The third-order valence-electron chi connectivity index (χ3n) is 4.37. The number of rotatable bonds is 5. The van der Waals surface area contributed by atoms with Gasteiger partial charge in [0.1, 0.15) is 4.90 Å². The van der Waals surface area contributed by atoms with Gasteiger partial charge in [0.25, 0.3) is 0 Å². The topological polar surface area (TPSA) is 83.9 Å². The first kappa shape index (κ1) is 16.2. The van der Waals surface area contributed by atoms with Gasteiger partial charge < -0.3 is 0 Å². The van der Waals surface area contributed by atoms with Crippen molar-refractivity contribution < 1.29 is 8.42 Å². The molecule has 0 saturated carbocycles. The summed E-state index contributed by atoms with van der Waals surface area (Å²) in [6.45, 7) is 4.63. The lowest BCUT2D eigenvalue weighted by Gasteiger charge is -2.35. The molecule has 0 bridgehead atoms. The summed E-state index contributed by atoms with van der Waals surface area (Å²) in [5.41, 5.74) is 1.87. The van der Waals surface area contributed by atoms with Crippen LogP contribution in [0.4, 0.5) is 0 Å². The van der Waals surface area contributed by atoms with Crippen LogP contribution in [-0.2, 0) is 22.9 Å². The number of aryl methyl sites for hydroxylation is 1. The van der Waals surface area contributed by atoms with E-state index in [-0.39, 0.29) is 6.04 Å². The molecule has 1 atom stereocenters. The molecule has 1 fully saturated rings. The van der Waals surface area contributed by atoms with E-state index in [9.17, 15) is 8.42 Å². The fourth-order valence-electron chi connectivity index (χ4n) is 3.22. The van der Waals surface area contributed by atoms with Crippen molar-refractivity contribution in [3.63, 3.8) is 0 Å². The van der Waals surface area contributed by atoms with Gasteiger partial charge in [-0.15, -0.1) is 0 Å². The van der Waals surface area contributed by atoms with Crippen molar-refractivity contribution in [2.75, 3.05) is 12.8 Å². The lowest BCUT2D eigenvalue weighted by Crippen LogP contribution is -2.33. The highest BCUT2D eigenvalue weighted by Gasteiger charge is 2.30. The molecule has 7 nitrogen and oxygen atoms in total. The fraction of sp³-hybridized carbons (Fsp3) is 0.600. The van der Waals surface area contributed by atoms with Crippen molar-refractivity contribution in [2.24, 2.45) is 0 Å². The van der Waals surface area contributed by atoms with Gasteiger partial charge in [0.15, 0.2) is 9.84 Å². The van der Waals surface area contributed by atoms with Gasteiger partial charge in [0.2, 0.25) is 0 Å². The number of sulfone groups is 1. The average molecular weight is 337 g/mol. The Balaban J connectivity index is 1.86. The average Bonchev–Trinajstić information content (AvgIpc) is 3.16. The molecule has 3 heterocycles. The molecule has 23 heavy (non-hydrogen) atoms. The van der Waals surface area contributed by atoms with E-state index in [4.69, 9.17) is 0 Å². The number of piperidine rings is 1. The van der Waals surface area contributed by atoms with Crippen LogP contribution in [0, 0.1) is 0 Å². The standard InChI is InChI=1S/C15H23N5O2S/c1-3-20-11-12(8-17-20)10-19-7-5-4-6-13(19)15-14(9-16-18-15)23(2,21)22/h8-9,11,13H,3-7,10H2,1-2H3,(H,16,18). The Morgan fingerprint density at radius 1 is 1.35 bits per heavy atom. The second-order valence-corrected chi connectivity index (χ2v) is 8.09. The normalized spacial score (nSPS) is 20.0. The van der Waals surface area contributed by atoms with Crippen molar-refractivity contribution in [3.05, 3.63) is 29.8 Å². The fourth-order valence-corrected chi connectivity index (χ4v) is 4.05. The van der Waals surface area contributed by atoms with Gasteiger partial charge >= 0.3 is 0 Å². The summed E-state index contributed by atoms with van der Waals surface area (Å²) in [5, 5.41) is 11.2. The maximum atomic E-state index is 12.0. The van der Waals surface area contributed by atoms with Crippen LogP contribution >= 0.6 is 0 Å². The molecule has 0 amide bonds. The molecule has 0 radical (unpaired) electrons. The van der Waals surface area contributed by atoms with E-state index in [1.165, 1.54) is 12.5 Å². The number of hydrogen-bond acceptors (Lipinski definition) is 5. The minimum Gasteiger partial charge on any atom is -0.290 e. The first-order valence-electron chi connectivity index (χ1n) is 7.97. The smallest absolute Gasteiger partial charge is 0.178 e. The largest absolute Gasteiger partial charge is 0.290 e. The van der Waals surface area contributed by atoms with Crippen molar-refractivity contribution in [3.8, 4) is 0 Å². The summed E-state index contributed by atoms with van der Waals surface area (Å²) >= 11 is 0. The molecule has 1 N–H and O–H groups in total. The van der Waals surface area contributed by atoms with Crippen molar-refractivity contribution in [2.45, 2.75) is 50.2 Å². The Morgan fingerprint density at radius 2 is 2.17 bits per heavy atom. The van der Waals surface area contributed by atoms with E-state index in [1.54, 1.807) is 0 Å². The van der Waals surface area contributed by atoms with Crippen LogP contribution in [0.15, 0.2) is 23.5 Å². The first-order valence-corrected chi connectivity index (χ1v) is 9.87. The minimum absolute atomic E-state index is 0.0564. The highest BCUT2D eigenvalue weighted by atomic mass is 32.2. The second kappa shape index (κ2) is 6.45. The zero-order valence-corrected chi connectivity index (χ0v) is 14.4. The predicted molar refractivity (Wildman–Crippen MR) is 86.6 cm³/mol. The third kappa shape index (κ3) is 3.48. The molecule has 0 spiro atoms. The van der Waals surface area contributed by atoms with Gasteiger partial charge in [-0.05, 0) is 26.3 Å². The van der Waals surface area contributed by atoms with Gasteiger partial charge in [0, 0.05) is 31.1 Å². The van der Waals surface area contributed by atoms with E-state index in [1.807, 2.05) is 10.9 Å². The van der Waals surface area contributed by atoms with Crippen LogP contribution < -0.4 is 0 Å². The van der Waals surface area contributed by atoms with Gasteiger partial charge in [-0.25, -0.2) is 8.42 Å². The molecule has 1 saturated heterocycles. The minimum atomic E-state index is -3.27. The number of aromatic amines is 1. The SMILES string of the molecule is CCn1cc(CN2CCCCC2c2[nH]ncc2S(C)(=O)=O)cn1. The predicted octanol–water partition coefficient (Wildman–Crippen LogP) is 1.76. The molecule has 2 aromatic rings. The summed E-state index contributed by atoms with van der Waals surface area (Å²) < 4.78 is 25.9. The number of hydrogen-bond donors (Lipinski definition) is 1. The molecular formula is C15H23N5O2S. The van der Waals surface area contributed by atoms with Crippen LogP contribution in [-0.4, -0.2) is 46.1 Å². The monoisotopic (exact) mass is 337 g/mol. The first-order chi connectivity index (χ1) is 11.0. The number of aromatic nitrogens is 4. The molecular weight excluding hydrogens is 314 g/mol. The molecule has 8 heteroatoms. The zero-order valence-electron chi connectivity index (χ0n) is 13.6. The summed E-state index contributed by atoms with van der Waals surface area (Å²) in [6.07, 6.45) is 9.76. The molecule has 0 aromatic carbocycles. The number of H-pyrrole nitrogens is 1. The molecule has 2 aromatic heterocycles. The highest BCUT2D eigenvalue weighted by molar-refractivity contribution is 7.90. The Bertz CT molecular complexity index is 764. The van der Waals surface area contributed by atoms with Crippen molar-refractivity contribution in [1.82, 2.24) is 24.9 Å². The molecule has 0 aliphatic carbocycles. The number of nitrogens with one attached hydrogen (secondary N) is 1. The van der Waals surface area contributed by atoms with Crippen LogP contribution in [0.1, 0.15) is 43.5 Å². The van der Waals surface area contributed by atoms with Gasteiger partial charge in [-0.2, -0.15) is 10.2 Å². The number of nitrogens with zero attached hydrogens (tertiary/aromatic N) is 4. The maximum absolute atomic E-state index is 12.0. The lowest BCUT2D eigenvalue weighted by molar-refractivity contribution is 0.135. The second-order valence-electron chi connectivity index (χ2n) is 6.11. The summed E-state index contributed by atoms with van der Waals surface area (Å²) in [4.78, 5) is 2.64. The van der Waals surface area contributed by atoms with Crippen LogP contribution in [0.5, 0.6) is 0 Å². The summed E-state index contributed by atoms with van der Waals surface area (Å²) in [7, 11) is -3.27. The Morgan fingerprint density at radius 3 is 2.87 bits per heavy atom. The number of likely N-dealkylation sites (tertiary alicyclic amines) is 1. The van der Waals surface area contributed by atoms with Crippen LogP contribution in [0.3, 0.4) is 0 Å². The summed E-state index contributed by atoms with van der Waals surface area (Å²) in [6, 6.07) is 0.0564. The van der Waals surface area contributed by atoms with E-state index >= 15 is 0 Å². The molecule has 1 aliphatic rings.